The molecule has 5 heteroatoms. The number of carbonyl (C=O) groups excluding carboxylic acids is 1. The Labute approximate surface area is 94.3 Å². The highest BCUT2D eigenvalue weighted by atomic mass is 16.2. The van der Waals surface area contributed by atoms with E-state index < -0.39 is 6.04 Å². The van der Waals surface area contributed by atoms with E-state index in [9.17, 15) is 4.79 Å². The van der Waals surface area contributed by atoms with E-state index in [0.29, 0.717) is 12.1 Å². The molecule has 0 spiro atoms. The predicted octanol–water partition coefficient (Wildman–Crippen LogP) is -0.0659. The standard InChI is InChI=1S/C11H16N4O/c1-7(12)11(16)15-6-8-2-4-9(5-3-8)10(13)14/h2-5,7H,6,12H2,1H3,(H3,13,14)(H,15,16). The van der Waals surface area contributed by atoms with Crippen molar-refractivity contribution in [2.75, 3.05) is 0 Å². The van der Waals surface area contributed by atoms with E-state index >= 15 is 0 Å². The first kappa shape index (κ1) is 12.2. The molecule has 0 aliphatic carbocycles. The smallest absolute Gasteiger partial charge is 0.236 e. The third kappa shape index (κ3) is 3.36. The summed E-state index contributed by atoms with van der Waals surface area (Å²) < 4.78 is 0. The molecule has 1 unspecified atom stereocenters. The molecule has 0 bridgehead atoms. The van der Waals surface area contributed by atoms with Crippen molar-refractivity contribution in [1.82, 2.24) is 5.32 Å². The van der Waals surface area contributed by atoms with Gasteiger partial charge in [-0.3, -0.25) is 10.2 Å². The molecule has 1 aromatic rings. The summed E-state index contributed by atoms with van der Waals surface area (Å²) in [5, 5.41) is 9.92. The van der Waals surface area contributed by atoms with Gasteiger partial charge in [0, 0.05) is 12.1 Å². The van der Waals surface area contributed by atoms with Crippen LogP contribution in [0, 0.1) is 5.41 Å². The molecule has 0 fully saturated rings. The van der Waals surface area contributed by atoms with Crippen LogP contribution in [-0.4, -0.2) is 17.8 Å². The van der Waals surface area contributed by atoms with Gasteiger partial charge in [0.2, 0.25) is 5.91 Å². The second-order valence-corrected chi connectivity index (χ2v) is 3.62. The Morgan fingerprint density at radius 3 is 2.44 bits per heavy atom. The number of hydrogen-bond donors (Lipinski definition) is 4. The maximum atomic E-state index is 11.2. The summed E-state index contributed by atoms with van der Waals surface area (Å²) in [5.41, 5.74) is 12.3. The molecule has 16 heavy (non-hydrogen) atoms. The minimum Gasteiger partial charge on any atom is -0.384 e. The Bertz CT molecular complexity index is 383. The van der Waals surface area contributed by atoms with Crippen LogP contribution in [0.25, 0.3) is 0 Å². The highest BCUT2D eigenvalue weighted by Crippen LogP contribution is 2.03. The average Bonchev–Trinajstić information content (AvgIpc) is 2.26. The van der Waals surface area contributed by atoms with Gasteiger partial charge in [0.05, 0.1) is 6.04 Å². The number of amidine groups is 1. The van der Waals surface area contributed by atoms with Gasteiger partial charge < -0.3 is 16.8 Å². The van der Waals surface area contributed by atoms with Crippen LogP contribution in [0.15, 0.2) is 24.3 Å². The maximum Gasteiger partial charge on any atom is 0.236 e. The van der Waals surface area contributed by atoms with Gasteiger partial charge in [-0.2, -0.15) is 0 Å². The van der Waals surface area contributed by atoms with Crippen LogP contribution in [0.3, 0.4) is 0 Å². The van der Waals surface area contributed by atoms with Gasteiger partial charge in [0.25, 0.3) is 0 Å². The fraction of sp³-hybridized carbons (Fsp3) is 0.273. The monoisotopic (exact) mass is 220 g/mol. The van der Waals surface area contributed by atoms with Crippen molar-refractivity contribution >= 4 is 11.7 Å². The Kier molecular flexibility index (Phi) is 4.02. The van der Waals surface area contributed by atoms with Crippen LogP contribution in [0.1, 0.15) is 18.1 Å². The number of amides is 1. The Balaban J connectivity index is 2.56. The zero-order chi connectivity index (χ0) is 12.1. The van der Waals surface area contributed by atoms with Crippen LogP contribution < -0.4 is 16.8 Å². The fourth-order valence-electron chi connectivity index (χ4n) is 1.15. The molecule has 0 saturated carbocycles. The van der Waals surface area contributed by atoms with E-state index in [1.807, 2.05) is 12.1 Å². The maximum absolute atomic E-state index is 11.2. The van der Waals surface area contributed by atoms with Gasteiger partial charge in [-0.05, 0) is 12.5 Å². The van der Waals surface area contributed by atoms with Gasteiger partial charge in [-0.25, -0.2) is 0 Å². The zero-order valence-corrected chi connectivity index (χ0v) is 9.16. The predicted molar refractivity (Wildman–Crippen MR) is 63.0 cm³/mol. The highest BCUT2D eigenvalue weighted by molar-refractivity contribution is 5.94. The Morgan fingerprint density at radius 2 is 2.00 bits per heavy atom. The van der Waals surface area contributed by atoms with E-state index in [4.69, 9.17) is 16.9 Å². The van der Waals surface area contributed by atoms with Crippen LogP contribution in [-0.2, 0) is 11.3 Å². The quantitative estimate of drug-likeness (QED) is 0.421. The van der Waals surface area contributed by atoms with Crippen molar-refractivity contribution in [3.8, 4) is 0 Å². The Hall–Kier alpha value is -1.88. The molecule has 0 aliphatic rings. The summed E-state index contributed by atoms with van der Waals surface area (Å²) >= 11 is 0. The first-order valence-corrected chi connectivity index (χ1v) is 4.97. The summed E-state index contributed by atoms with van der Waals surface area (Å²) in [5.74, 6) is -0.151. The molecule has 1 atom stereocenters. The third-order valence-electron chi connectivity index (χ3n) is 2.15. The molecule has 1 rings (SSSR count). The Morgan fingerprint density at radius 1 is 1.44 bits per heavy atom. The number of benzene rings is 1. The van der Waals surface area contributed by atoms with E-state index in [1.54, 1.807) is 19.1 Å². The average molecular weight is 220 g/mol. The lowest BCUT2D eigenvalue weighted by atomic mass is 10.1. The van der Waals surface area contributed by atoms with E-state index in [2.05, 4.69) is 5.32 Å². The number of nitrogen functional groups attached to an aromatic ring is 1. The first-order valence-electron chi connectivity index (χ1n) is 4.97. The van der Waals surface area contributed by atoms with Crippen molar-refractivity contribution in [3.05, 3.63) is 35.4 Å². The topological polar surface area (TPSA) is 105 Å². The van der Waals surface area contributed by atoms with E-state index in [1.165, 1.54) is 0 Å². The van der Waals surface area contributed by atoms with Crippen LogP contribution >= 0.6 is 0 Å². The summed E-state index contributed by atoms with van der Waals surface area (Å²) in [6.45, 7) is 2.06. The van der Waals surface area contributed by atoms with Gasteiger partial charge in [-0.15, -0.1) is 0 Å². The molecule has 1 aromatic carbocycles. The lowest BCUT2D eigenvalue weighted by Gasteiger charge is -2.08. The summed E-state index contributed by atoms with van der Waals surface area (Å²) in [4.78, 5) is 11.2. The number of hydrogen-bond acceptors (Lipinski definition) is 3. The largest absolute Gasteiger partial charge is 0.384 e. The van der Waals surface area contributed by atoms with Crippen LogP contribution in [0.5, 0.6) is 0 Å². The van der Waals surface area contributed by atoms with Gasteiger partial charge in [0.15, 0.2) is 0 Å². The lowest BCUT2D eigenvalue weighted by molar-refractivity contribution is -0.122. The minimum atomic E-state index is -0.503. The number of rotatable bonds is 4. The second-order valence-electron chi connectivity index (χ2n) is 3.62. The molecule has 1 amide bonds. The highest BCUT2D eigenvalue weighted by Gasteiger charge is 2.06. The number of carbonyl (C=O) groups is 1. The zero-order valence-electron chi connectivity index (χ0n) is 9.16. The molecular formula is C11H16N4O. The summed E-state index contributed by atoms with van der Waals surface area (Å²) in [6, 6.07) is 6.62. The van der Waals surface area contributed by atoms with Crippen LogP contribution in [0.4, 0.5) is 0 Å². The van der Waals surface area contributed by atoms with Crippen LogP contribution in [0.2, 0.25) is 0 Å². The summed E-state index contributed by atoms with van der Waals surface area (Å²) in [7, 11) is 0. The number of nitrogens with two attached hydrogens (primary N) is 2. The van der Waals surface area contributed by atoms with Crippen molar-refractivity contribution in [3.63, 3.8) is 0 Å². The molecule has 5 nitrogen and oxygen atoms in total. The molecule has 0 aromatic heterocycles. The van der Waals surface area contributed by atoms with Gasteiger partial charge in [-0.1, -0.05) is 24.3 Å². The molecule has 86 valence electrons. The van der Waals surface area contributed by atoms with Crippen molar-refractivity contribution in [2.45, 2.75) is 19.5 Å². The molecule has 6 N–H and O–H groups in total. The molecular weight excluding hydrogens is 204 g/mol. The normalized spacial score (nSPS) is 11.9. The molecule has 0 aliphatic heterocycles. The van der Waals surface area contributed by atoms with Gasteiger partial charge in [0.1, 0.15) is 5.84 Å². The number of nitrogens with one attached hydrogen (secondary N) is 2. The minimum absolute atomic E-state index is 0.0335. The van der Waals surface area contributed by atoms with E-state index in [0.717, 1.165) is 5.56 Å². The summed E-state index contributed by atoms with van der Waals surface area (Å²) in [6.07, 6.45) is 0. The van der Waals surface area contributed by atoms with Crippen molar-refractivity contribution < 1.29 is 4.79 Å². The van der Waals surface area contributed by atoms with Gasteiger partial charge >= 0.3 is 0 Å². The molecule has 0 heterocycles. The first-order chi connectivity index (χ1) is 7.50. The molecule has 0 saturated heterocycles. The lowest BCUT2D eigenvalue weighted by Crippen LogP contribution is -2.37. The van der Waals surface area contributed by atoms with Crippen molar-refractivity contribution in [1.29, 1.82) is 5.41 Å². The third-order valence-corrected chi connectivity index (χ3v) is 2.15. The van der Waals surface area contributed by atoms with E-state index in [-0.39, 0.29) is 11.7 Å². The SMILES string of the molecule is CC(N)C(=O)NCc1ccc(C(=N)N)cc1. The fourth-order valence-corrected chi connectivity index (χ4v) is 1.15. The van der Waals surface area contributed by atoms with Crippen molar-refractivity contribution in [2.24, 2.45) is 11.5 Å². The molecule has 0 radical (unpaired) electrons. The second kappa shape index (κ2) is 5.27.